The van der Waals surface area contributed by atoms with Crippen LogP contribution in [0.2, 0.25) is 0 Å². The lowest BCUT2D eigenvalue weighted by molar-refractivity contribution is -0.145. The zero-order chi connectivity index (χ0) is 19.6. The highest BCUT2D eigenvalue weighted by Gasteiger charge is 2.35. The van der Waals surface area contributed by atoms with Crippen molar-refractivity contribution in [2.75, 3.05) is 0 Å². The Morgan fingerprint density at radius 1 is 1.00 bits per heavy atom. The van der Waals surface area contributed by atoms with Crippen LogP contribution in [0.4, 0.5) is 13.2 Å². The van der Waals surface area contributed by atoms with Crippen LogP contribution in [0.3, 0.4) is 0 Å². The molecule has 0 radical (unpaired) electrons. The lowest BCUT2D eigenvalue weighted by Gasteiger charge is -2.13. The third-order valence-electron chi connectivity index (χ3n) is 3.76. The van der Waals surface area contributed by atoms with E-state index in [1.807, 2.05) is 0 Å². The normalized spacial score (nSPS) is 12.7. The fraction of sp³-hybridized carbons (Fsp3) is 0.111. The van der Waals surface area contributed by atoms with E-state index in [0.29, 0.717) is 11.1 Å². The van der Waals surface area contributed by atoms with Crippen molar-refractivity contribution in [3.05, 3.63) is 76.3 Å². The Labute approximate surface area is 154 Å². The summed E-state index contributed by atoms with van der Waals surface area (Å²) in [7, 11) is 0. The number of alkyl halides is 3. The highest BCUT2D eigenvalue weighted by molar-refractivity contribution is 7.78. The van der Waals surface area contributed by atoms with E-state index in [1.165, 1.54) is 24.3 Å². The van der Waals surface area contributed by atoms with E-state index in [1.54, 1.807) is 35.3 Å². The highest BCUT2D eigenvalue weighted by atomic mass is 32.2. The maximum atomic E-state index is 13.1. The van der Waals surface area contributed by atoms with E-state index in [9.17, 15) is 26.7 Å². The molecule has 0 saturated carbocycles. The molecule has 0 spiro atoms. The van der Waals surface area contributed by atoms with Crippen LogP contribution in [0.5, 0.6) is 0 Å². The van der Waals surface area contributed by atoms with Gasteiger partial charge in [-0.1, -0.05) is 65.7 Å². The number of aromatic amines is 1. The van der Waals surface area contributed by atoms with Crippen molar-refractivity contribution in [3.8, 4) is 22.4 Å². The van der Waals surface area contributed by atoms with Gasteiger partial charge in [-0.25, -0.2) is 4.98 Å². The molecule has 5 nitrogen and oxygen atoms in total. The molecule has 3 aromatic rings. The average Bonchev–Trinajstić information content (AvgIpc) is 2.61. The van der Waals surface area contributed by atoms with Crippen molar-refractivity contribution >= 4 is 11.1 Å². The predicted octanol–water partition coefficient (Wildman–Crippen LogP) is 3.50. The van der Waals surface area contributed by atoms with Gasteiger partial charge in [0.2, 0.25) is 5.82 Å². The first-order chi connectivity index (χ1) is 12.8. The smallest absolute Gasteiger partial charge is 0.449 e. The molecule has 140 valence electrons. The molecule has 1 N–H and O–H groups in total. The van der Waals surface area contributed by atoms with E-state index >= 15 is 0 Å². The molecule has 0 bridgehead atoms. The number of rotatable bonds is 4. The van der Waals surface area contributed by atoms with Crippen LogP contribution >= 0.6 is 0 Å². The number of H-pyrrole nitrogens is 1. The molecule has 0 saturated heterocycles. The van der Waals surface area contributed by atoms with Gasteiger partial charge in [-0.05, 0) is 11.1 Å². The Morgan fingerprint density at radius 3 is 2.19 bits per heavy atom. The Kier molecular flexibility index (Phi) is 5.24. The van der Waals surface area contributed by atoms with Crippen LogP contribution in [-0.4, -0.2) is 18.7 Å². The van der Waals surface area contributed by atoms with Crippen molar-refractivity contribution in [1.82, 2.24) is 9.97 Å². The van der Waals surface area contributed by atoms with E-state index < -0.39 is 28.6 Å². The van der Waals surface area contributed by atoms with Gasteiger partial charge in [0.25, 0.3) is 5.56 Å². The van der Waals surface area contributed by atoms with Gasteiger partial charge in [-0.15, -0.1) is 0 Å². The lowest BCUT2D eigenvalue weighted by Crippen LogP contribution is -2.21. The third kappa shape index (κ3) is 4.32. The summed E-state index contributed by atoms with van der Waals surface area (Å²) in [6.07, 6.45) is -4.82. The second-order valence-corrected chi connectivity index (χ2v) is 6.54. The van der Waals surface area contributed by atoms with Crippen molar-refractivity contribution in [2.24, 2.45) is 0 Å². The van der Waals surface area contributed by atoms with Crippen molar-refractivity contribution in [1.29, 1.82) is 0 Å². The van der Waals surface area contributed by atoms with Crippen LogP contribution in [0.15, 0.2) is 59.4 Å². The molecule has 27 heavy (non-hydrogen) atoms. The predicted molar refractivity (Wildman–Crippen MR) is 93.4 cm³/mol. The summed E-state index contributed by atoms with van der Waals surface area (Å²) < 4.78 is 60.9. The Bertz CT molecular complexity index is 1030. The summed E-state index contributed by atoms with van der Waals surface area (Å²) in [5.41, 5.74) is 0.110. The second kappa shape index (κ2) is 7.45. The molecule has 1 heterocycles. The molecule has 0 aliphatic carbocycles. The summed E-state index contributed by atoms with van der Waals surface area (Å²) in [4.78, 5) is 17.8. The number of benzene rings is 2. The maximum absolute atomic E-state index is 13.1. The molecule has 0 amide bonds. The van der Waals surface area contributed by atoms with Gasteiger partial charge in [-0.2, -0.15) is 13.2 Å². The average molecular weight is 393 g/mol. The van der Waals surface area contributed by atoms with Crippen LogP contribution in [0.25, 0.3) is 22.4 Å². The monoisotopic (exact) mass is 393 g/mol. The van der Waals surface area contributed by atoms with Gasteiger partial charge in [-0.3, -0.25) is 9.00 Å². The second-order valence-electron chi connectivity index (χ2n) is 5.65. The Hall–Kier alpha value is -2.78. The number of hydrogen-bond acceptors (Lipinski definition) is 4. The lowest BCUT2D eigenvalue weighted by atomic mass is 10.00. The highest BCUT2D eigenvalue weighted by Crippen LogP contribution is 2.32. The zero-order valence-electron chi connectivity index (χ0n) is 13.6. The summed E-state index contributed by atoms with van der Waals surface area (Å²) in [6, 6.07) is 14.0. The molecule has 0 fully saturated rings. The van der Waals surface area contributed by atoms with Crippen molar-refractivity contribution in [3.63, 3.8) is 0 Å². The van der Waals surface area contributed by atoms with Crippen LogP contribution < -0.4 is 5.56 Å². The standard InChI is InChI=1S/C18H13F3N2O3S/c19-18(20,21)17-22-15(13-8-6-11(7-9-13)10-27(25)26)14(16(24)23-17)12-4-2-1-3-5-12/h1-9H,10H2,(H,25,26)(H,22,23,24)/p-1. The number of nitrogens with zero attached hydrogens (tertiary/aromatic N) is 1. The van der Waals surface area contributed by atoms with Crippen LogP contribution in [0, 0.1) is 0 Å². The van der Waals surface area contributed by atoms with E-state index in [4.69, 9.17) is 0 Å². The Morgan fingerprint density at radius 2 is 1.63 bits per heavy atom. The Balaban J connectivity index is 2.21. The van der Waals surface area contributed by atoms with Gasteiger partial charge < -0.3 is 9.54 Å². The molecule has 1 atom stereocenters. The molecule has 1 unspecified atom stereocenters. The van der Waals surface area contributed by atoms with Gasteiger partial charge in [0.1, 0.15) is 0 Å². The van der Waals surface area contributed by atoms with Gasteiger partial charge >= 0.3 is 6.18 Å². The van der Waals surface area contributed by atoms with E-state index in [0.717, 1.165) is 0 Å². The quantitative estimate of drug-likeness (QED) is 0.688. The molecule has 0 aliphatic heterocycles. The van der Waals surface area contributed by atoms with Crippen molar-refractivity contribution in [2.45, 2.75) is 11.9 Å². The summed E-state index contributed by atoms with van der Waals surface area (Å²) in [5.74, 6) is -1.62. The zero-order valence-corrected chi connectivity index (χ0v) is 14.4. The first kappa shape index (κ1) is 19.0. The molecular weight excluding hydrogens is 381 g/mol. The number of aromatic nitrogens is 2. The third-order valence-corrected chi connectivity index (χ3v) is 4.33. The number of nitrogens with one attached hydrogen (secondary N) is 1. The van der Waals surface area contributed by atoms with E-state index in [-0.39, 0.29) is 22.6 Å². The fourth-order valence-electron chi connectivity index (χ4n) is 2.58. The fourth-order valence-corrected chi connectivity index (χ4v) is 3.05. The summed E-state index contributed by atoms with van der Waals surface area (Å²) in [5, 5.41) is 0. The minimum atomic E-state index is -4.82. The minimum absolute atomic E-state index is 0.00347. The molecule has 0 aliphatic rings. The SMILES string of the molecule is O=c1[nH]c(C(F)(F)F)nc(-c2ccc(CS(=O)[O-])cc2)c1-c1ccccc1. The number of hydrogen-bond donors (Lipinski definition) is 1. The van der Waals surface area contributed by atoms with E-state index in [2.05, 4.69) is 4.98 Å². The van der Waals surface area contributed by atoms with Gasteiger partial charge in [0.15, 0.2) is 0 Å². The maximum Gasteiger partial charge on any atom is 0.449 e. The summed E-state index contributed by atoms with van der Waals surface area (Å²) in [6.45, 7) is 0. The topological polar surface area (TPSA) is 85.9 Å². The molecule has 2 aromatic carbocycles. The molecule has 3 rings (SSSR count). The van der Waals surface area contributed by atoms with Crippen molar-refractivity contribution < 1.29 is 21.9 Å². The number of halogens is 3. The summed E-state index contributed by atoms with van der Waals surface area (Å²) >= 11 is -2.29. The van der Waals surface area contributed by atoms with Gasteiger partial charge in [0.05, 0.1) is 11.3 Å². The minimum Gasteiger partial charge on any atom is -0.772 e. The largest absolute Gasteiger partial charge is 0.772 e. The molecule has 9 heteroatoms. The first-order valence-electron chi connectivity index (χ1n) is 7.68. The molecular formula is C18H12F3N2O3S-. The van der Waals surface area contributed by atoms with Crippen LogP contribution in [-0.2, 0) is 23.0 Å². The van der Waals surface area contributed by atoms with Crippen LogP contribution in [0.1, 0.15) is 11.4 Å². The molecule has 1 aromatic heterocycles. The first-order valence-corrected chi connectivity index (χ1v) is 8.92. The van der Waals surface area contributed by atoms with Gasteiger partial charge in [0, 0.05) is 11.3 Å².